The van der Waals surface area contributed by atoms with Gasteiger partial charge in [0.15, 0.2) is 0 Å². The number of alkyl halides is 1. The fraction of sp³-hybridized carbons (Fsp3) is 0.611. The molecular weight excluding hydrogens is 280 g/mol. The number of hydrogen-bond donors (Lipinski definition) is 0. The Balaban J connectivity index is 2.02. The quantitative estimate of drug-likeness (QED) is 0.741. The fourth-order valence-electron chi connectivity index (χ4n) is 3.74. The average Bonchev–Trinajstić information content (AvgIpc) is 2.68. The number of imidazole rings is 1. The van der Waals surface area contributed by atoms with Gasteiger partial charge < -0.3 is 4.57 Å². The molecule has 1 heterocycles. The fourth-order valence-corrected chi connectivity index (χ4v) is 3.91. The summed E-state index contributed by atoms with van der Waals surface area (Å²) in [6.45, 7) is 12.7. The third-order valence-electron chi connectivity index (χ3n) is 5.99. The molecule has 3 rings (SSSR count). The molecule has 1 fully saturated rings. The van der Waals surface area contributed by atoms with E-state index in [1.807, 2.05) is 0 Å². The van der Waals surface area contributed by atoms with Crippen molar-refractivity contribution in [3.63, 3.8) is 0 Å². The van der Waals surface area contributed by atoms with Crippen molar-refractivity contribution in [2.24, 2.45) is 16.7 Å². The Morgan fingerprint density at radius 3 is 2.43 bits per heavy atom. The molecule has 0 amide bonds. The summed E-state index contributed by atoms with van der Waals surface area (Å²) in [5.74, 6) is 2.45. The molecule has 0 atom stereocenters. The van der Waals surface area contributed by atoms with E-state index in [1.54, 1.807) is 0 Å². The maximum absolute atomic E-state index is 5.98. The summed E-state index contributed by atoms with van der Waals surface area (Å²) < 4.78 is 2.40. The van der Waals surface area contributed by atoms with Crippen LogP contribution < -0.4 is 0 Å². The van der Waals surface area contributed by atoms with Crippen molar-refractivity contribution in [3.05, 3.63) is 29.6 Å². The third-order valence-corrected chi connectivity index (χ3v) is 6.17. The average molecular weight is 305 g/mol. The van der Waals surface area contributed by atoms with Crippen molar-refractivity contribution in [1.82, 2.24) is 9.55 Å². The zero-order valence-corrected chi connectivity index (χ0v) is 14.5. The van der Waals surface area contributed by atoms with Crippen molar-refractivity contribution >= 4 is 22.6 Å². The highest BCUT2D eigenvalue weighted by Gasteiger charge is 2.64. The van der Waals surface area contributed by atoms with Gasteiger partial charge in [-0.15, -0.1) is 11.6 Å². The Bertz CT molecular complexity index is 668. The standard InChI is InChI=1S/C18H25ClN2/c1-12-6-7-14-13(10-12)20-16(8-9-19)21(14)11-15-17(2,3)18(15,4)5/h6-7,10,15H,8-9,11H2,1-5H3. The molecule has 1 aromatic carbocycles. The second-order valence-corrected chi connectivity index (χ2v) is 7.94. The number of benzene rings is 1. The zero-order valence-electron chi connectivity index (χ0n) is 13.7. The Hall–Kier alpha value is -1.02. The van der Waals surface area contributed by atoms with E-state index in [0.29, 0.717) is 22.6 Å². The highest BCUT2D eigenvalue weighted by molar-refractivity contribution is 6.17. The highest BCUT2D eigenvalue weighted by atomic mass is 35.5. The van der Waals surface area contributed by atoms with Gasteiger partial charge in [0, 0.05) is 18.8 Å². The van der Waals surface area contributed by atoms with E-state index in [9.17, 15) is 0 Å². The van der Waals surface area contributed by atoms with Gasteiger partial charge in [0.2, 0.25) is 0 Å². The van der Waals surface area contributed by atoms with Gasteiger partial charge in [-0.2, -0.15) is 0 Å². The molecule has 2 aromatic rings. The molecule has 0 bridgehead atoms. The second kappa shape index (κ2) is 4.74. The first kappa shape index (κ1) is 14.9. The van der Waals surface area contributed by atoms with Crippen molar-refractivity contribution in [3.8, 4) is 0 Å². The topological polar surface area (TPSA) is 17.8 Å². The van der Waals surface area contributed by atoms with E-state index in [1.165, 1.54) is 11.1 Å². The first-order chi connectivity index (χ1) is 9.79. The number of nitrogens with zero attached hydrogens (tertiary/aromatic N) is 2. The van der Waals surface area contributed by atoms with E-state index < -0.39 is 0 Å². The van der Waals surface area contributed by atoms with Gasteiger partial charge in [-0.25, -0.2) is 4.98 Å². The molecule has 3 heteroatoms. The number of rotatable bonds is 4. The van der Waals surface area contributed by atoms with Crippen molar-refractivity contribution < 1.29 is 0 Å². The molecule has 1 saturated carbocycles. The SMILES string of the molecule is Cc1ccc2c(c1)nc(CCCl)n2CC1C(C)(C)C1(C)C. The summed E-state index contributed by atoms with van der Waals surface area (Å²) in [6.07, 6.45) is 0.836. The van der Waals surface area contributed by atoms with Crippen molar-refractivity contribution in [2.45, 2.75) is 47.6 Å². The molecular formula is C18H25ClN2. The molecule has 0 spiro atoms. The van der Waals surface area contributed by atoms with Gasteiger partial charge in [-0.3, -0.25) is 0 Å². The van der Waals surface area contributed by atoms with Gasteiger partial charge in [0.1, 0.15) is 5.82 Å². The summed E-state index contributed by atoms with van der Waals surface area (Å²) in [5, 5.41) is 0. The van der Waals surface area contributed by atoms with E-state index in [0.717, 1.165) is 24.3 Å². The predicted octanol–water partition coefficient (Wildman–Crippen LogP) is 4.81. The van der Waals surface area contributed by atoms with Crippen molar-refractivity contribution in [2.75, 3.05) is 5.88 Å². The van der Waals surface area contributed by atoms with Gasteiger partial charge >= 0.3 is 0 Å². The maximum atomic E-state index is 5.98. The summed E-state index contributed by atoms with van der Waals surface area (Å²) in [7, 11) is 0. The van der Waals surface area contributed by atoms with Crippen LogP contribution in [-0.2, 0) is 13.0 Å². The maximum Gasteiger partial charge on any atom is 0.111 e. The first-order valence-corrected chi connectivity index (χ1v) is 8.34. The molecule has 0 unspecified atom stereocenters. The van der Waals surface area contributed by atoms with Crippen molar-refractivity contribution in [1.29, 1.82) is 0 Å². The summed E-state index contributed by atoms with van der Waals surface area (Å²) in [4.78, 5) is 4.82. The van der Waals surface area contributed by atoms with Crippen LogP contribution in [0.15, 0.2) is 18.2 Å². The van der Waals surface area contributed by atoms with E-state index in [2.05, 4.69) is 57.4 Å². The number of hydrogen-bond acceptors (Lipinski definition) is 1. The van der Waals surface area contributed by atoms with E-state index in [-0.39, 0.29) is 0 Å². The van der Waals surface area contributed by atoms with Crippen LogP contribution >= 0.6 is 11.6 Å². The molecule has 1 aliphatic rings. The molecule has 0 saturated heterocycles. The summed E-state index contributed by atoms with van der Waals surface area (Å²) >= 11 is 5.98. The molecule has 0 aliphatic heterocycles. The minimum absolute atomic E-state index is 0.395. The van der Waals surface area contributed by atoms with Gasteiger partial charge in [0.05, 0.1) is 11.0 Å². The van der Waals surface area contributed by atoms with Crippen LogP contribution in [0.25, 0.3) is 11.0 Å². The second-order valence-electron chi connectivity index (χ2n) is 7.57. The van der Waals surface area contributed by atoms with Crippen LogP contribution in [0.2, 0.25) is 0 Å². The molecule has 1 aromatic heterocycles. The monoisotopic (exact) mass is 304 g/mol. The number of aromatic nitrogens is 2. The molecule has 21 heavy (non-hydrogen) atoms. The number of halogens is 1. The summed E-state index contributed by atoms with van der Waals surface area (Å²) in [5.41, 5.74) is 4.40. The van der Waals surface area contributed by atoms with Gasteiger partial charge in [-0.05, 0) is 41.4 Å². The molecule has 2 nitrogen and oxygen atoms in total. The van der Waals surface area contributed by atoms with E-state index in [4.69, 9.17) is 16.6 Å². The van der Waals surface area contributed by atoms with Crippen LogP contribution in [0.4, 0.5) is 0 Å². The van der Waals surface area contributed by atoms with Crippen LogP contribution in [0.1, 0.15) is 39.1 Å². The Kier molecular flexibility index (Phi) is 3.36. The smallest absolute Gasteiger partial charge is 0.111 e. The lowest BCUT2D eigenvalue weighted by Gasteiger charge is -2.10. The normalized spacial score (nSPS) is 20.1. The number of fused-ring (bicyclic) bond motifs is 1. The Morgan fingerprint density at radius 1 is 1.19 bits per heavy atom. The van der Waals surface area contributed by atoms with Crippen LogP contribution in [0, 0.1) is 23.7 Å². The lowest BCUT2D eigenvalue weighted by atomic mass is 10.0. The minimum atomic E-state index is 0.395. The lowest BCUT2D eigenvalue weighted by Crippen LogP contribution is -2.09. The molecule has 0 radical (unpaired) electrons. The highest BCUT2D eigenvalue weighted by Crippen LogP contribution is 2.69. The predicted molar refractivity (Wildman–Crippen MR) is 89.9 cm³/mol. The first-order valence-electron chi connectivity index (χ1n) is 7.81. The van der Waals surface area contributed by atoms with Gasteiger partial charge in [-0.1, -0.05) is 33.8 Å². The Labute approximate surface area is 132 Å². The van der Waals surface area contributed by atoms with E-state index >= 15 is 0 Å². The Morgan fingerprint density at radius 2 is 1.86 bits per heavy atom. The largest absolute Gasteiger partial charge is 0.328 e. The zero-order chi connectivity index (χ0) is 15.4. The van der Waals surface area contributed by atoms with Gasteiger partial charge in [0.25, 0.3) is 0 Å². The lowest BCUT2D eigenvalue weighted by molar-refractivity contribution is 0.457. The molecule has 0 N–H and O–H groups in total. The number of aryl methyl sites for hydroxylation is 2. The molecule has 114 valence electrons. The van der Waals surface area contributed by atoms with Crippen LogP contribution in [0.3, 0.4) is 0 Å². The molecule has 1 aliphatic carbocycles. The van der Waals surface area contributed by atoms with Crippen LogP contribution in [0.5, 0.6) is 0 Å². The summed E-state index contributed by atoms with van der Waals surface area (Å²) in [6, 6.07) is 6.55. The van der Waals surface area contributed by atoms with Crippen LogP contribution in [-0.4, -0.2) is 15.4 Å². The third kappa shape index (κ3) is 2.19. The minimum Gasteiger partial charge on any atom is -0.328 e.